The van der Waals surface area contributed by atoms with Gasteiger partial charge in [-0.25, -0.2) is 9.97 Å². The first-order valence-electron chi connectivity index (χ1n) is 17.2. The van der Waals surface area contributed by atoms with Crippen molar-refractivity contribution in [2.45, 2.75) is 18.9 Å². The Morgan fingerprint density at radius 2 is 1.16 bits per heavy atom. The Labute approximate surface area is 285 Å². The second-order valence-corrected chi connectivity index (χ2v) is 13.2. The van der Waals surface area contributed by atoms with Crippen molar-refractivity contribution in [2.24, 2.45) is 5.92 Å². The summed E-state index contributed by atoms with van der Waals surface area (Å²) in [6.07, 6.45) is 15.8. The third-order valence-corrected chi connectivity index (χ3v) is 10.5. The van der Waals surface area contributed by atoms with Gasteiger partial charge in [0.1, 0.15) is 5.82 Å². The summed E-state index contributed by atoms with van der Waals surface area (Å²) < 4.78 is 0. The van der Waals surface area contributed by atoms with E-state index in [4.69, 9.17) is 9.97 Å². The minimum atomic E-state index is 0.205. The number of anilines is 1. The fourth-order valence-corrected chi connectivity index (χ4v) is 8.19. The summed E-state index contributed by atoms with van der Waals surface area (Å²) in [6, 6.07) is 46.0. The van der Waals surface area contributed by atoms with E-state index in [0.717, 1.165) is 41.3 Å². The van der Waals surface area contributed by atoms with Crippen LogP contribution in [0.15, 0.2) is 175 Å². The van der Waals surface area contributed by atoms with Gasteiger partial charge in [0.25, 0.3) is 0 Å². The van der Waals surface area contributed by atoms with Gasteiger partial charge in [0, 0.05) is 28.8 Å². The van der Waals surface area contributed by atoms with Gasteiger partial charge in [-0.05, 0) is 80.1 Å². The van der Waals surface area contributed by atoms with Crippen molar-refractivity contribution in [3.63, 3.8) is 0 Å². The predicted octanol–water partition coefficient (Wildman–Crippen LogP) is 11.5. The van der Waals surface area contributed by atoms with Crippen molar-refractivity contribution < 1.29 is 0 Å². The lowest BCUT2D eigenvalue weighted by molar-refractivity contribution is 0.654. The smallest absolute Gasteiger partial charge is 0.162 e. The predicted molar refractivity (Wildman–Crippen MR) is 204 cm³/mol. The maximum atomic E-state index is 5.38. The summed E-state index contributed by atoms with van der Waals surface area (Å²) in [4.78, 5) is 13.1. The van der Waals surface area contributed by atoms with Gasteiger partial charge in [-0.3, -0.25) is 0 Å². The van der Waals surface area contributed by atoms with E-state index in [2.05, 4.69) is 169 Å². The number of benzene rings is 6. The third kappa shape index (κ3) is 4.57. The van der Waals surface area contributed by atoms with Crippen LogP contribution in [0.1, 0.15) is 12.8 Å². The van der Waals surface area contributed by atoms with Crippen molar-refractivity contribution in [1.29, 1.82) is 0 Å². The average Bonchev–Trinajstić information content (AvgIpc) is 3.52. The lowest BCUT2D eigenvalue weighted by Crippen LogP contribution is -2.33. The fraction of sp³-hybridized carbons (Fsp3) is 0.0870. The van der Waals surface area contributed by atoms with Gasteiger partial charge >= 0.3 is 0 Å². The molecule has 0 bridgehead atoms. The summed E-state index contributed by atoms with van der Waals surface area (Å²) in [7, 11) is 0. The molecule has 0 fully saturated rings. The average molecular weight is 628 g/mol. The van der Waals surface area contributed by atoms with E-state index >= 15 is 0 Å². The van der Waals surface area contributed by atoms with Gasteiger partial charge in [0.15, 0.2) is 5.82 Å². The second-order valence-electron chi connectivity index (χ2n) is 13.2. The maximum Gasteiger partial charge on any atom is 0.162 e. The Kier molecular flexibility index (Phi) is 6.45. The molecular formula is C46H33N3. The van der Waals surface area contributed by atoms with Crippen LogP contribution >= 0.6 is 0 Å². The highest BCUT2D eigenvalue weighted by molar-refractivity contribution is 6.26. The van der Waals surface area contributed by atoms with E-state index in [-0.39, 0.29) is 6.04 Å². The molecule has 3 aliphatic rings. The molecule has 2 unspecified atom stereocenters. The molecule has 0 saturated heterocycles. The normalized spacial score (nSPS) is 18.1. The zero-order valence-electron chi connectivity index (χ0n) is 27.0. The molecule has 49 heavy (non-hydrogen) atoms. The van der Waals surface area contributed by atoms with Crippen molar-refractivity contribution >= 4 is 38.1 Å². The quantitative estimate of drug-likeness (QED) is 0.182. The number of fused-ring (bicyclic) bond motifs is 8. The SMILES string of the molecule is C1=CC2C3=C(C=CCC3)N(c3cc(-c4ccccc4)nc(-c4ccc5c6ccc(-c7ccccc7)cc6c6ccccc6c5c4)n3)C2C=C1. The number of nitrogens with zero attached hydrogens (tertiary/aromatic N) is 3. The summed E-state index contributed by atoms with van der Waals surface area (Å²) in [5.41, 5.74) is 8.28. The van der Waals surface area contributed by atoms with Gasteiger partial charge in [0.2, 0.25) is 0 Å². The first-order chi connectivity index (χ1) is 24.3. The van der Waals surface area contributed by atoms with Gasteiger partial charge in [0.05, 0.1) is 11.7 Å². The van der Waals surface area contributed by atoms with Crippen LogP contribution < -0.4 is 4.90 Å². The molecule has 0 amide bonds. The molecule has 2 heterocycles. The molecule has 0 radical (unpaired) electrons. The van der Waals surface area contributed by atoms with Crippen LogP contribution in [-0.2, 0) is 0 Å². The minimum Gasteiger partial charge on any atom is -0.318 e. The van der Waals surface area contributed by atoms with Crippen molar-refractivity contribution in [3.05, 3.63) is 175 Å². The molecule has 6 aromatic carbocycles. The first-order valence-corrected chi connectivity index (χ1v) is 17.2. The van der Waals surface area contributed by atoms with Crippen molar-refractivity contribution in [2.75, 3.05) is 4.90 Å². The Balaban J connectivity index is 1.18. The van der Waals surface area contributed by atoms with Crippen LogP contribution in [0.2, 0.25) is 0 Å². The van der Waals surface area contributed by atoms with Crippen LogP contribution in [-0.4, -0.2) is 16.0 Å². The highest BCUT2D eigenvalue weighted by Crippen LogP contribution is 2.45. The zero-order valence-corrected chi connectivity index (χ0v) is 27.0. The lowest BCUT2D eigenvalue weighted by Gasteiger charge is -2.29. The van der Waals surface area contributed by atoms with E-state index in [1.165, 1.54) is 54.7 Å². The van der Waals surface area contributed by atoms with E-state index in [0.29, 0.717) is 5.92 Å². The monoisotopic (exact) mass is 627 g/mol. The van der Waals surface area contributed by atoms with E-state index < -0.39 is 0 Å². The molecule has 0 N–H and O–H groups in total. The lowest BCUT2D eigenvalue weighted by atomic mass is 9.87. The van der Waals surface area contributed by atoms with Gasteiger partial charge in [-0.15, -0.1) is 0 Å². The van der Waals surface area contributed by atoms with E-state index in [1.54, 1.807) is 0 Å². The largest absolute Gasteiger partial charge is 0.318 e. The Morgan fingerprint density at radius 3 is 1.92 bits per heavy atom. The van der Waals surface area contributed by atoms with E-state index in [1.807, 2.05) is 0 Å². The van der Waals surface area contributed by atoms with Gasteiger partial charge in [-0.1, -0.05) is 140 Å². The Bertz CT molecular complexity index is 2540. The highest BCUT2D eigenvalue weighted by Gasteiger charge is 2.39. The number of hydrogen-bond acceptors (Lipinski definition) is 3. The number of hydrogen-bond donors (Lipinski definition) is 0. The highest BCUT2D eigenvalue weighted by atomic mass is 15.3. The van der Waals surface area contributed by atoms with Crippen LogP contribution in [0.3, 0.4) is 0 Å². The summed E-state index contributed by atoms with van der Waals surface area (Å²) >= 11 is 0. The van der Waals surface area contributed by atoms with Gasteiger partial charge in [-0.2, -0.15) is 0 Å². The topological polar surface area (TPSA) is 29.0 Å². The molecule has 3 heteroatoms. The van der Waals surface area contributed by atoms with Crippen molar-refractivity contribution in [1.82, 2.24) is 9.97 Å². The molecule has 1 aliphatic heterocycles. The molecule has 0 spiro atoms. The fourth-order valence-electron chi connectivity index (χ4n) is 8.19. The third-order valence-electron chi connectivity index (χ3n) is 10.5. The molecule has 232 valence electrons. The molecule has 1 aromatic heterocycles. The van der Waals surface area contributed by atoms with E-state index in [9.17, 15) is 0 Å². The van der Waals surface area contributed by atoms with Crippen LogP contribution in [0.25, 0.3) is 66.1 Å². The summed E-state index contributed by atoms with van der Waals surface area (Å²) in [6.45, 7) is 0. The summed E-state index contributed by atoms with van der Waals surface area (Å²) in [5.74, 6) is 2.04. The minimum absolute atomic E-state index is 0.205. The summed E-state index contributed by atoms with van der Waals surface area (Å²) in [5, 5.41) is 7.46. The number of allylic oxidation sites excluding steroid dienone is 4. The van der Waals surface area contributed by atoms with Crippen LogP contribution in [0.4, 0.5) is 5.82 Å². The Hall–Kier alpha value is -6.06. The number of rotatable bonds is 4. The molecular weight excluding hydrogens is 595 g/mol. The first kappa shape index (κ1) is 28.0. The zero-order chi connectivity index (χ0) is 32.3. The molecule has 0 saturated carbocycles. The molecule has 7 aromatic rings. The molecule has 10 rings (SSSR count). The van der Waals surface area contributed by atoms with Crippen LogP contribution in [0, 0.1) is 5.92 Å². The molecule has 2 aliphatic carbocycles. The maximum absolute atomic E-state index is 5.38. The molecule has 3 nitrogen and oxygen atoms in total. The van der Waals surface area contributed by atoms with Crippen molar-refractivity contribution in [3.8, 4) is 33.8 Å². The standard InChI is InChI=1S/C46H33N3/c1-3-13-30(14-4-1)32-23-25-36-37-26-24-33(28-41(37)35-18-8-7-17-34(35)40(36)27-32)46-47-42(31-15-5-2-6-16-31)29-45(48-46)49-43-21-11-9-19-38(43)39-20-10-12-22-44(39)49/h1-9,11-19,21-29,38,43H,10,20H2. The van der Waals surface area contributed by atoms with Gasteiger partial charge < -0.3 is 4.90 Å². The number of aromatic nitrogens is 2. The molecule has 2 atom stereocenters. The Morgan fingerprint density at radius 1 is 0.531 bits per heavy atom. The van der Waals surface area contributed by atoms with Crippen LogP contribution in [0.5, 0.6) is 0 Å². The second kappa shape index (κ2) is 11.3.